The van der Waals surface area contributed by atoms with Gasteiger partial charge in [-0.25, -0.2) is 9.13 Å². The normalized spacial score (nSPS) is 14.4. The highest BCUT2D eigenvalue weighted by Gasteiger charge is 2.31. The number of hydrogen-bond acceptors (Lipinski definition) is 15. The Hall–Kier alpha value is -1.94. The van der Waals surface area contributed by atoms with Crippen LogP contribution in [0.5, 0.6) is 0 Å². The number of hydrogen-bond donors (Lipinski definition) is 3. The van der Waals surface area contributed by atoms with Crippen LogP contribution in [0.25, 0.3) is 0 Å². The van der Waals surface area contributed by atoms with Crippen molar-refractivity contribution in [3.8, 4) is 0 Å². The standard InChI is InChI=1S/C89H174O17P2/c1-9-81(7)67-59-51-43-37-31-25-21-22-28-34-40-46-56-64-72-89(94)106-85(76-100-87(92)70-62-54-48-47-52-60-68-82(8)10-2)78-104-108(97,98)102-74-83(90)73-101-107(95,96)103-77-84(105-88(93)71-63-55-45-39-33-27-20-16-15-18-24-30-36-42-50-58-66-80(5)6)75-99-86(91)69-61-53-44-38-32-26-19-14-12-11-13-17-23-29-35-41-49-57-65-79(3)4/h79-85,90H,9-78H2,1-8H3,(H,95,96)(H,97,98)/t81?,82?,83-,84-,85-/m1/s1. The van der Waals surface area contributed by atoms with Crippen molar-refractivity contribution < 1.29 is 80.2 Å². The summed E-state index contributed by atoms with van der Waals surface area (Å²) in [7, 11) is -9.93. The summed E-state index contributed by atoms with van der Waals surface area (Å²) in [6.07, 6.45) is 68.1. The molecule has 0 spiro atoms. The Morgan fingerprint density at radius 3 is 0.657 bits per heavy atom. The Bertz CT molecular complexity index is 2100. The molecule has 4 unspecified atom stereocenters. The third kappa shape index (κ3) is 79.3. The van der Waals surface area contributed by atoms with E-state index in [1.807, 2.05) is 0 Å². The third-order valence-corrected chi connectivity index (χ3v) is 23.4. The van der Waals surface area contributed by atoms with Gasteiger partial charge in [0.15, 0.2) is 12.2 Å². The maximum absolute atomic E-state index is 13.2. The van der Waals surface area contributed by atoms with Gasteiger partial charge in [0.05, 0.1) is 26.4 Å². The second-order valence-corrected chi connectivity index (χ2v) is 36.3. The first-order chi connectivity index (χ1) is 52.2. The quantitative estimate of drug-likeness (QED) is 0.0222. The molecule has 0 aliphatic carbocycles. The molecule has 642 valence electrons. The smallest absolute Gasteiger partial charge is 0.462 e. The number of phosphoric acid groups is 2. The molecule has 3 N–H and O–H groups in total. The Labute approximate surface area is 664 Å². The van der Waals surface area contributed by atoms with Crippen LogP contribution in [-0.4, -0.2) is 96.7 Å². The minimum atomic E-state index is -4.97. The van der Waals surface area contributed by atoms with Gasteiger partial charge in [-0.2, -0.15) is 0 Å². The molecule has 0 saturated heterocycles. The lowest BCUT2D eigenvalue weighted by atomic mass is 9.99. The second-order valence-electron chi connectivity index (χ2n) is 33.4. The molecule has 0 rings (SSSR count). The average Bonchev–Trinajstić information content (AvgIpc) is 0.893. The van der Waals surface area contributed by atoms with Crippen molar-refractivity contribution in [3.63, 3.8) is 0 Å². The van der Waals surface area contributed by atoms with Crippen molar-refractivity contribution in [1.82, 2.24) is 0 Å². The zero-order valence-corrected chi connectivity index (χ0v) is 73.3. The van der Waals surface area contributed by atoms with E-state index in [9.17, 15) is 43.2 Å². The zero-order chi connectivity index (χ0) is 79.5. The highest BCUT2D eigenvalue weighted by atomic mass is 31.2. The van der Waals surface area contributed by atoms with Crippen LogP contribution in [0.15, 0.2) is 0 Å². The molecule has 0 aromatic heterocycles. The number of carbonyl (C=O) groups is 4. The van der Waals surface area contributed by atoms with Crippen LogP contribution >= 0.6 is 15.6 Å². The van der Waals surface area contributed by atoms with Gasteiger partial charge in [-0.1, -0.05) is 415 Å². The average molecular weight is 1580 g/mol. The van der Waals surface area contributed by atoms with E-state index in [-0.39, 0.29) is 25.7 Å². The maximum atomic E-state index is 13.2. The number of rotatable bonds is 86. The van der Waals surface area contributed by atoms with Gasteiger partial charge in [0, 0.05) is 25.7 Å². The monoisotopic (exact) mass is 1580 g/mol. The summed E-state index contributed by atoms with van der Waals surface area (Å²) < 4.78 is 69.0. The van der Waals surface area contributed by atoms with Crippen LogP contribution < -0.4 is 0 Å². The lowest BCUT2D eigenvalue weighted by Crippen LogP contribution is -2.30. The first-order valence-electron chi connectivity index (χ1n) is 45.8. The highest BCUT2D eigenvalue weighted by Crippen LogP contribution is 2.45. The number of ether oxygens (including phenoxy) is 4. The summed E-state index contributed by atoms with van der Waals surface area (Å²) in [5.41, 5.74) is 0. The van der Waals surface area contributed by atoms with Crippen molar-refractivity contribution in [2.24, 2.45) is 23.7 Å². The van der Waals surface area contributed by atoms with E-state index in [0.717, 1.165) is 120 Å². The van der Waals surface area contributed by atoms with Gasteiger partial charge >= 0.3 is 39.5 Å². The van der Waals surface area contributed by atoms with Gasteiger partial charge in [0.2, 0.25) is 0 Å². The van der Waals surface area contributed by atoms with E-state index in [0.29, 0.717) is 25.7 Å². The fourth-order valence-corrected chi connectivity index (χ4v) is 15.4. The molecule has 0 aliphatic heterocycles. The third-order valence-electron chi connectivity index (χ3n) is 21.5. The van der Waals surface area contributed by atoms with Gasteiger partial charge in [-0.3, -0.25) is 37.3 Å². The van der Waals surface area contributed by atoms with Crippen LogP contribution in [0.2, 0.25) is 0 Å². The molecular formula is C89H174O17P2. The summed E-state index contributed by atoms with van der Waals surface area (Å²) in [6.45, 7) is 14.4. The minimum absolute atomic E-state index is 0.107. The molecule has 0 bridgehead atoms. The lowest BCUT2D eigenvalue weighted by molar-refractivity contribution is -0.161. The van der Waals surface area contributed by atoms with Crippen molar-refractivity contribution in [2.75, 3.05) is 39.6 Å². The van der Waals surface area contributed by atoms with E-state index in [1.54, 1.807) is 0 Å². The van der Waals surface area contributed by atoms with Gasteiger partial charge in [-0.15, -0.1) is 0 Å². The van der Waals surface area contributed by atoms with Gasteiger partial charge < -0.3 is 33.8 Å². The van der Waals surface area contributed by atoms with Crippen molar-refractivity contribution in [2.45, 2.75) is 485 Å². The number of esters is 4. The number of phosphoric ester groups is 2. The zero-order valence-electron chi connectivity index (χ0n) is 71.5. The molecule has 0 amide bonds. The highest BCUT2D eigenvalue weighted by molar-refractivity contribution is 7.47. The number of aliphatic hydroxyl groups excluding tert-OH is 1. The van der Waals surface area contributed by atoms with E-state index >= 15 is 0 Å². The molecule has 0 saturated carbocycles. The molecule has 17 nitrogen and oxygen atoms in total. The number of carbonyl (C=O) groups excluding carboxylic acids is 4. The fraction of sp³-hybridized carbons (Fsp3) is 0.955. The van der Waals surface area contributed by atoms with E-state index in [1.165, 1.54) is 263 Å². The predicted octanol–water partition coefficient (Wildman–Crippen LogP) is 27.1. The van der Waals surface area contributed by atoms with Crippen LogP contribution in [0, 0.1) is 23.7 Å². The summed E-state index contributed by atoms with van der Waals surface area (Å²) >= 11 is 0. The van der Waals surface area contributed by atoms with Crippen LogP contribution in [0.3, 0.4) is 0 Å². The van der Waals surface area contributed by atoms with Crippen molar-refractivity contribution in [3.05, 3.63) is 0 Å². The van der Waals surface area contributed by atoms with Crippen LogP contribution in [0.1, 0.15) is 466 Å². The summed E-state index contributed by atoms with van der Waals surface area (Å²) in [5, 5.41) is 10.7. The summed E-state index contributed by atoms with van der Waals surface area (Å²) in [5.74, 6) is 1.10. The van der Waals surface area contributed by atoms with E-state index in [4.69, 9.17) is 37.0 Å². The van der Waals surface area contributed by atoms with Gasteiger partial charge in [-0.05, 0) is 49.4 Å². The van der Waals surface area contributed by atoms with Crippen molar-refractivity contribution in [1.29, 1.82) is 0 Å². The summed E-state index contributed by atoms with van der Waals surface area (Å²) in [4.78, 5) is 73.3. The van der Waals surface area contributed by atoms with E-state index in [2.05, 4.69) is 55.4 Å². The number of unbranched alkanes of at least 4 members (excludes halogenated alkanes) is 50. The number of aliphatic hydroxyl groups is 1. The molecular weight excluding hydrogens is 1400 g/mol. The molecule has 0 heterocycles. The molecule has 19 heteroatoms. The molecule has 7 atom stereocenters. The van der Waals surface area contributed by atoms with Gasteiger partial charge in [0.25, 0.3) is 0 Å². The molecule has 108 heavy (non-hydrogen) atoms. The summed E-state index contributed by atoms with van der Waals surface area (Å²) in [6, 6.07) is 0. The topological polar surface area (TPSA) is 237 Å². The SMILES string of the molecule is CCC(C)CCCCCCCCCCCCCCCCC(=O)O[C@H](COC(=O)CCCCCCCCC(C)CC)COP(=O)(O)OC[C@H](O)COP(=O)(O)OC[C@@H](COC(=O)CCCCCCCCCCCCCCCCCCCCC(C)C)OC(=O)CCCCCCCCCCCCCCCCCCC(C)C. The van der Waals surface area contributed by atoms with Crippen LogP contribution in [-0.2, 0) is 65.4 Å². The Balaban J connectivity index is 5.23. The van der Waals surface area contributed by atoms with Crippen molar-refractivity contribution >= 4 is 39.5 Å². The molecule has 0 aromatic rings. The second kappa shape index (κ2) is 77.6. The largest absolute Gasteiger partial charge is 0.472 e. The minimum Gasteiger partial charge on any atom is -0.462 e. The lowest BCUT2D eigenvalue weighted by Gasteiger charge is -2.21. The maximum Gasteiger partial charge on any atom is 0.472 e. The molecule has 0 radical (unpaired) electrons. The Morgan fingerprint density at radius 1 is 0.259 bits per heavy atom. The Morgan fingerprint density at radius 2 is 0.444 bits per heavy atom. The van der Waals surface area contributed by atoms with Crippen LogP contribution in [0.4, 0.5) is 0 Å². The predicted molar refractivity (Wildman–Crippen MR) is 446 cm³/mol. The first kappa shape index (κ1) is 106. The molecule has 0 fully saturated rings. The Kier molecular flexibility index (Phi) is 76.2. The first-order valence-corrected chi connectivity index (χ1v) is 48.8. The molecule has 0 aliphatic rings. The van der Waals surface area contributed by atoms with E-state index < -0.39 is 97.5 Å². The fourth-order valence-electron chi connectivity index (χ4n) is 13.8. The van der Waals surface area contributed by atoms with Gasteiger partial charge in [0.1, 0.15) is 19.3 Å². The molecule has 0 aromatic carbocycles.